The van der Waals surface area contributed by atoms with Gasteiger partial charge in [0.2, 0.25) is 0 Å². The van der Waals surface area contributed by atoms with Crippen LogP contribution in [0.4, 0.5) is 0 Å². The summed E-state index contributed by atoms with van der Waals surface area (Å²) in [6, 6.07) is 8.42. The second-order valence-electron chi connectivity index (χ2n) is 4.66. The van der Waals surface area contributed by atoms with Gasteiger partial charge in [0, 0.05) is 17.7 Å². The van der Waals surface area contributed by atoms with Gasteiger partial charge in [0.05, 0.1) is 5.75 Å². The summed E-state index contributed by atoms with van der Waals surface area (Å²) >= 11 is 1.72. The largest absolute Gasteiger partial charge is 0.313 e. The molecule has 0 aromatic heterocycles. The Morgan fingerprint density at radius 1 is 1.32 bits per heavy atom. The van der Waals surface area contributed by atoms with Crippen LogP contribution >= 0.6 is 11.8 Å². The highest BCUT2D eigenvalue weighted by Crippen LogP contribution is 2.20. The van der Waals surface area contributed by atoms with Gasteiger partial charge in [-0.3, -0.25) is 0 Å². The topological polar surface area (TPSA) is 46.2 Å². The van der Waals surface area contributed by atoms with Crippen molar-refractivity contribution in [1.82, 2.24) is 5.32 Å². The molecule has 1 rings (SSSR count). The van der Waals surface area contributed by atoms with E-state index in [1.54, 1.807) is 11.8 Å². The Morgan fingerprint density at radius 2 is 2.11 bits per heavy atom. The molecule has 0 radical (unpaired) electrons. The fourth-order valence-corrected chi connectivity index (χ4v) is 3.45. The van der Waals surface area contributed by atoms with Crippen molar-refractivity contribution < 1.29 is 8.42 Å². The smallest absolute Gasteiger partial charge is 0.147 e. The van der Waals surface area contributed by atoms with Crippen molar-refractivity contribution in [2.75, 3.05) is 24.3 Å². The van der Waals surface area contributed by atoms with E-state index in [-0.39, 0.29) is 5.75 Å². The molecule has 3 nitrogen and oxygen atoms in total. The Morgan fingerprint density at radius 3 is 2.79 bits per heavy atom. The van der Waals surface area contributed by atoms with E-state index in [1.807, 2.05) is 0 Å². The molecular weight excluding hydrogens is 278 g/mol. The number of hydrogen-bond donors (Lipinski definition) is 1. The molecule has 0 unspecified atom stereocenters. The van der Waals surface area contributed by atoms with Gasteiger partial charge in [-0.2, -0.15) is 0 Å². The van der Waals surface area contributed by atoms with Crippen molar-refractivity contribution in [3.8, 4) is 0 Å². The lowest BCUT2D eigenvalue weighted by atomic mass is 10.2. The van der Waals surface area contributed by atoms with Crippen molar-refractivity contribution in [2.24, 2.45) is 0 Å². The zero-order valence-corrected chi connectivity index (χ0v) is 13.3. The summed E-state index contributed by atoms with van der Waals surface area (Å²) in [7, 11) is -2.82. The average Bonchev–Trinajstić information content (AvgIpc) is 2.35. The minimum absolute atomic E-state index is 0.276. The first-order chi connectivity index (χ1) is 9.01. The number of rotatable bonds is 9. The molecule has 5 heteroatoms. The molecule has 1 N–H and O–H groups in total. The molecule has 0 saturated heterocycles. The minimum Gasteiger partial charge on any atom is -0.313 e. The van der Waals surface area contributed by atoms with Crippen molar-refractivity contribution in [3.63, 3.8) is 0 Å². The Kier molecular flexibility index (Phi) is 7.49. The first-order valence-electron chi connectivity index (χ1n) is 6.61. The highest BCUT2D eigenvalue weighted by atomic mass is 32.2. The fraction of sp³-hybridized carbons (Fsp3) is 0.571. The maximum Gasteiger partial charge on any atom is 0.147 e. The second-order valence-corrected chi connectivity index (χ2v) is 8.08. The number of thioether (sulfide) groups is 1. The van der Waals surface area contributed by atoms with E-state index in [4.69, 9.17) is 0 Å². The molecule has 0 amide bonds. The van der Waals surface area contributed by atoms with Gasteiger partial charge in [0.25, 0.3) is 0 Å². The molecule has 0 fully saturated rings. The normalized spacial score (nSPS) is 11.7. The van der Waals surface area contributed by atoms with E-state index in [0.29, 0.717) is 6.42 Å². The summed E-state index contributed by atoms with van der Waals surface area (Å²) in [5, 5.41) is 3.38. The van der Waals surface area contributed by atoms with Gasteiger partial charge < -0.3 is 5.32 Å². The van der Waals surface area contributed by atoms with Crippen molar-refractivity contribution in [3.05, 3.63) is 29.8 Å². The summed E-state index contributed by atoms with van der Waals surface area (Å²) in [5.41, 5.74) is 1.28. The van der Waals surface area contributed by atoms with Crippen LogP contribution in [0.5, 0.6) is 0 Å². The zero-order chi connectivity index (χ0) is 14.1. The Labute approximate surface area is 121 Å². The third-order valence-corrected chi connectivity index (χ3v) is 4.69. The summed E-state index contributed by atoms with van der Waals surface area (Å²) < 4.78 is 22.1. The van der Waals surface area contributed by atoms with Gasteiger partial charge in [0.15, 0.2) is 0 Å². The summed E-state index contributed by atoms with van der Waals surface area (Å²) in [5.74, 6) is 1.12. The molecule has 0 atom stereocenters. The highest BCUT2D eigenvalue weighted by molar-refractivity contribution is 7.99. The number of benzene rings is 1. The van der Waals surface area contributed by atoms with Crippen molar-refractivity contribution >= 4 is 21.6 Å². The van der Waals surface area contributed by atoms with Crippen LogP contribution in [-0.4, -0.2) is 32.7 Å². The Bertz CT molecular complexity index is 472. The predicted octanol–water partition coefficient (Wildman–Crippen LogP) is 2.71. The summed E-state index contributed by atoms with van der Waals surface area (Å²) in [6.45, 7) is 4.08. The van der Waals surface area contributed by atoms with E-state index in [1.165, 1.54) is 16.7 Å². The molecule has 0 heterocycles. The Balaban J connectivity index is 2.35. The third kappa shape index (κ3) is 8.29. The van der Waals surface area contributed by atoms with Crippen LogP contribution in [-0.2, 0) is 16.4 Å². The van der Waals surface area contributed by atoms with Gasteiger partial charge in [-0.1, -0.05) is 19.1 Å². The molecule has 108 valence electrons. The van der Waals surface area contributed by atoms with E-state index in [2.05, 4.69) is 36.5 Å². The molecular formula is C14H23NO2S2. The molecule has 1 aromatic rings. The van der Waals surface area contributed by atoms with Crippen LogP contribution in [0.2, 0.25) is 0 Å². The summed E-state index contributed by atoms with van der Waals surface area (Å²) in [6.07, 6.45) is 3.14. The number of sulfone groups is 1. The highest BCUT2D eigenvalue weighted by Gasteiger charge is 2.02. The minimum atomic E-state index is -2.82. The van der Waals surface area contributed by atoms with Gasteiger partial charge in [-0.05, 0) is 42.8 Å². The predicted molar refractivity (Wildman–Crippen MR) is 83.5 cm³/mol. The average molecular weight is 301 g/mol. The SMILES string of the molecule is CCCNCc1cccc(SCCCS(C)(=O)=O)c1. The first kappa shape index (κ1) is 16.5. The monoisotopic (exact) mass is 301 g/mol. The molecule has 0 bridgehead atoms. The van der Waals surface area contributed by atoms with E-state index in [9.17, 15) is 8.42 Å². The number of hydrogen-bond acceptors (Lipinski definition) is 4. The molecule has 0 aliphatic rings. The maximum atomic E-state index is 11.0. The number of nitrogens with one attached hydrogen (secondary N) is 1. The summed E-state index contributed by atoms with van der Waals surface area (Å²) in [4.78, 5) is 1.21. The van der Waals surface area contributed by atoms with Crippen molar-refractivity contribution in [1.29, 1.82) is 0 Å². The van der Waals surface area contributed by atoms with E-state index >= 15 is 0 Å². The fourth-order valence-electron chi connectivity index (χ4n) is 1.67. The van der Waals surface area contributed by atoms with Crippen LogP contribution in [0.25, 0.3) is 0 Å². The van der Waals surface area contributed by atoms with Gasteiger partial charge in [0.1, 0.15) is 9.84 Å². The lowest BCUT2D eigenvalue weighted by Crippen LogP contribution is -2.13. The van der Waals surface area contributed by atoms with Crippen LogP contribution in [0.3, 0.4) is 0 Å². The first-order valence-corrected chi connectivity index (χ1v) is 9.66. The molecule has 19 heavy (non-hydrogen) atoms. The van der Waals surface area contributed by atoms with Crippen LogP contribution in [0.1, 0.15) is 25.3 Å². The molecule has 0 aliphatic heterocycles. The Hall–Kier alpha value is -0.520. The lowest BCUT2D eigenvalue weighted by Gasteiger charge is -2.06. The van der Waals surface area contributed by atoms with Gasteiger partial charge in [-0.15, -0.1) is 11.8 Å². The van der Waals surface area contributed by atoms with Crippen molar-refractivity contribution in [2.45, 2.75) is 31.2 Å². The molecule has 0 aliphatic carbocycles. The molecule has 0 saturated carbocycles. The van der Waals surface area contributed by atoms with E-state index < -0.39 is 9.84 Å². The lowest BCUT2D eigenvalue weighted by molar-refractivity contribution is 0.600. The standard InChI is InChI=1S/C14H23NO2S2/c1-3-8-15-12-13-6-4-7-14(11-13)18-9-5-10-19(2,16)17/h4,6-7,11,15H,3,5,8-10,12H2,1-2H3. The molecule has 0 spiro atoms. The van der Waals surface area contributed by atoms with E-state index in [0.717, 1.165) is 25.3 Å². The maximum absolute atomic E-state index is 11.0. The quantitative estimate of drug-likeness (QED) is 0.563. The van der Waals surface area contributed by atoms with Gasteiger partial charge >= 0.3 is 0 Å². The third-order valence-electron chi connectivity index (χ3n) is 2.58. The zero-order valence-electron chi connectivity index (χ0n) is 11.7. The van der Waals surface area contributed by atoms with Crippen LogP contribution in [0, 0.1) is 0 Å². The second kappa shape index (κ2) is 8.61. The molecule has 1 aromatic carbocycles. The van der Waals surface area contributed by atoms with Crippen LogP contribution in [0.15, 0.2) is 29.2 Å². The van der Waals surface area contributed by atoms with Crippen LogP contribution < -0.4 is 5.32 Å². The van der Waals surface area contributed by atoms with Gasteiger partial charge in [-0.25, -0.2) is 8.42 Å².